The molecule has 2 nitrogen and oxygen atoms in total. The van der Waals surface area contributed by atoms with Crippen molar-refractivity contribution in [2.24, 2.45) is 0 Å². The van der Waals surface area contributed by atoms with E-state index >= 15 is 0 Å². The van der Waals surface area contributed by atoms with Crippen LogP contribution < -0.4 is 0 Å². The first-order valence-corrected chi connectivity index (χ1v) is 12.0. The summed E-state index contributed by atoms with van der Waals surface area (Å²) in [5, 5.41) is 10.0. The van der Waals surface area contributed by atoms with Crippen LogP contribution in [0.1, 0.15) is 39.5 Å². The molecule has 0 heterocycles. The van der Waals surface area contributed by atoms with Crippen molar-refractivity contribution in [1.29, 1.82) is 0 Å². The topological polar surface area (TPSA) is 37.3 Å². The summed E-state index contributed by atoms with van der Waals surface area (Å²) < 4.78 is 0. The van der Waals surface area contributed by atoms with Gasteiger partial charge in [0.2, 0.25) is 0 Å². The Labute approximate surface area is 211 Å². The van der Waals surface area contributed by atoms with E-state index in [1.54, 1.807) is 12.1 Å². The van der Waals surface area contributed by atoms with Gasteiger partial charge in [0.05, 0.1) is 5.56 Å². The van der Waals surface area contributed by atoms with Crippen molar-refractivity contribution in [3.8, 4) is 16.9 Å². The van der Waals surface area contributed by atoms with Crippen LogP contribution >= 0.6 is 0 Å². The third-order valence-corrected chi connectivity index (χ3v) is 6.32. The predicted octanol–water partition coefficient (Wildman–Crippen LogP) is 8.27. The van der Waals surface area contributed by atoms with Crippen molar-refractivity contribution >= 4 is 16.9 Å². The molecule has 2 heteroatoms. The maximum Gasteiger partial charge on any atom is 0.163 e. The van der Waals surface area contributed by atoms with Gasteiger partial charge < -0.3 is 5.11 Å². The number of ketones is 1. The van der Waals surface area contributed by atoms with Gasteiger partial charge in [-0.05, 0) is 63.6 Å². The molecule has 0 aliphatic heterocycles. The molecule has 0 aliphatic carbocycles. The third kappa shape index (κ3) is 4.75. The second kappa shape index (κ2) is 10.3. The Morgan fingerprint density at radius 1 is 0.500 bits per heavy atom. The molecule has 0 radical (unpaired) electrons. The van der Waals surface area contributed by atoms with E-state index in [0.29, 0.717) is 5.56 Å². The SMILES string of the molecule is CC(=O)c1cc(-c2ccc(C(=C(c3ccccc3)c3ccccc3)c3ccccc3)cc2)ccc1O. The van der Waals surface area contributed by atoms with Crippen molar-refractivity contribution in [2.75, 3.05) is 0 Å². The lowest BCUT2D eigenvalue weighted by Crippen LogP contribution is -1.97. The molecule has 0 atom stereocenters. The number of phenolic OH excluding ortho intramolecular Hbond substituents is 1. The highest BCUT2D eigenvalue weighted by atomic mass is 16.3. The number of hydrogen-bond donors (Lipinski definition) is 1. The minimum Gasteiger partial charge on any atom is -0.507 e. The molecular weight excluding hydrogens is 440 g/mol. The van der Waals surface area contributed by atoms with Gasteiger partial charge in [-0.2, -0.15) is 0 Å². The molecule has 5 rings (SSSR count). The van der Waals surface area contributed by atoms with Crippen LogP contribution in [0.5, 0.6) is 5.75 Å². The van der Waals surface area contributed by atoms with Gasteiger partial charge in [0.25, 0.3) is 0 Å². The highest BCUT2D eigenvalue weighted by Gasteiger charge is 2.16. The number of rotatable bonds is 6. The van der Waals surface area contributed by atoms with Gasteiger partial charge in [0, 0.05) is 0 Å². The van der Waals surface area contributed by atoms with Crippen LogP contribution in [0.25, 0.3) is 22.3 Å². The van der Waals surface area contributed by atoms with E-state index in [2.05, 4.69) is 97.1 Å². The maximum atomic E-state index is 11.9. The molecule has 0 saturated carbocycles. The molecule has 0 fully saturated rings. The fourth-order valence-corrected chi connectivity index (χ4v) is 4.55. The van der Waals surface area contributed by atoms with Crippen LogP contribution in [0.4, 0.5) is 0 Å². The van der Waals surface area contributed by atoms with Gasteiger partial charge >= 0.3 is 0 Å². The van der Waals surface area contributed by atoms with E-state index < -0.39 is 0 Å². The van der Waals surface area contributed by atoms with Crippen LogP contribution in [0, 0.1) is 0 Å². The van der Waals surface area contributed by atoms with Crippen molar-refractivity contribution < 1.29 is 9.90 Å². The number of phenols is 1. The Kier molecular flexibility index (Phi) is 6.59. The fourth-order valence-electron chi connectivity index (χ4n) is 4.55. The van der Waals surface area contributed by atoms with Crippen LogP contribution in [-0.2, 0) is 0 Å². The summed E-state index contributed by atoms with van der Waals surface area (Å²) >= 11 is 0. The summed E-state index contributed by atoms with van der Waals surface area (Å²) in [7, 11) is 0. The van der Waals surface area contributed by atoms with Crippen molar-refractivity contribution in [3.05, 3.63) is 161 Å². The molecule has 1 N–H and O–H groups in total. The standard InChI is InChI=1S/C34H26O2/c1-24(35)31-23-30(21-22-32(31)36)25-17-19-29(20-18-25)34(28-15-9-4-10-16-28)33(26-11-5-2-6-12-26)27-13-7-3-8-14-27/h2-23,36H,1H3. The van der Waals surface area contributed by atoms with Crippen LogP contribution in [-0.4, -0.2) is 10.9 Å². The van der Waals surface area contributed by atoms with Crippen LogP contribution in [0.2, 0.25) is 0 Å². The minimum absolute atomic E-state index is 0.00697. The summed E-state index contributed by atoms with van der Waals surface area (Å²) in [5.41, 5.74) is 9.04. The largest absolute Gasteiger partial charge is 0.507 e. The predicted molar refractivity (Wildman–Crippen MR) is 148 cm³/mol. The van der Waals surface area contributed by atoms with Gasteiger partial charge in [-0.25, -0.2) is 0 Å². The average Bonchev–Trinajstić information content (AvgIpc) is 2.93. The quantitative estimate of drug-likeness (QED) is 0.202. The van der Waals surface area contributed by atoms with E-state index in [4.69, 9.17) is 0 Å². The fraction of sp³-hybridized carbons (Fsp3) is 0.0294. The van der Waals surface area contributed by atoms with Gasteiger partial charge in [-0.1, -0.05) is 121 Å². The average molecular weight is 467 g/mol. The zero-order valence-electron chi connectivity index (χ0n) is 20.1. The lowest BCUT2D eigenvalue weighted by Gasteiger charge is -2.18. The molecular formula is C34H26O2. The second-order valence-corrected chi connectivity index (χ2v) is 8.71. The number of carbonyl (C=O) groups excluding carboxylic acids is 1. The number of carbonyl (C=O) groups is 1. The highest BCUT2D eigenvalue weighted by Crippen LogP contribution is 2.37. The molecule has 0 aromatic heterocycles. The van der Waals surface area contributed by atoms with E-state index in [-0.39, 0.29) is 11.5 Å². The van der Waals surface area contributed by atoms with E-state index in [0.717, 1.165) is 39.0 Å². The first-order valence-electron chi connectivity index (χ1n) is 12.0. The Morgan fingerprint density at radius 2 is 0.889 bits per heavy atom. The Balaban J connectivity index is 1.71. The Morgan fingerprint density at radius 3 is 1.31 bits per heavy atom. The normalized spacial score (nSPS) is 10.6. The Bertz CT molecular complexity index is 1470. The van der Waals surface area contributed by atoms with Crippen molar-refractivity contribution in [1.82, 2.24) is 0 Å². The summed E-state index contributed by atoms with van der Waals surface area (Å²) in [4.78, 5) is 11.9. The molecule has 0 saturated heterocycles. The number of hydrogen-bond acceptors (Lipinski definition) is 2. The summed E-state index contributed by atoms with van der Waals surface area (Å²) in [6.07, 6.45) is 0. The maximum absolute atomic E-state index is 11.9. The van der Waals surface area contributed by atoms with Crippen LogP contribution in [0.15, 0.2) is 133 Å². The minimum atomic E-state index is -0.157. The van der Waals surface area contributed by atoms with Gasteiger partial charge in [0.15, 0.2) is 5.78 Å². The number of aromatic hydroxyl groups is 1. The third-order valence-electron chi connectivity index (χ3n) is 6.32. The zero-order valence-corrected chi connectivity index (χ0v) is 20.1. The van der Waals surface area contributed by atoms with E-state index in [9.17, 15) is 9.90 Å². The van der Waals surface area contributed by atoms with Crippen molar-refractivity contribution in [2.45, 2.75) is 6.92 Å². The van der Waals surface area contributed by atoms with E-state index in [1.807, 2.05) is 24.3 Å². The smallest absolute Gasteiger partial charge is 0.163 e. The van der Waals surface area contributed by atoms with Crippen molar-refractivity contribution in [3.63, 3.8) is 0 Å². The second-order valence-electron chi connectivity index (χ2n) is 8.71. The number of Topliss-reactive ketones (excluding diaryl/α,β-unsaturated/α-hetero) is 1. The monoisotopic (exact) mass is 466 g/mol. The lowest BCUT2D eigenvalue weighted by atomic mass is 9.85. The molecule has 0 bridgehead atoms. The van der Waals surface area contributed by atoms with Gasteiger partial charge in [-0.15, -0.1) is 0 Å². The molecule has 5 aromatic carbocycles. The highest BCUT2D eigenvalue weighted by molar-refractivity contribution is 6.04. The zero-order chi connectivity index (χ0) is 24.9. The molecule has 0 unspecified atom stereocenters. The van der Waals surface area contributed by atoms with Crippen LogP contribution in [0.3, 0.4) is 0 Å². The molecule has 0 aliphatic rings. The molecule has 0 amide bonds. The first-order chi connectivity index (χ1) is 17.6. The van der Waals surface area contributed by atoms with E-state index in [1.165, 1.54) is 12.5 Å². The molecule has 5 aromatic rings. The Hall–Kier alpha value is -4.69. The summed E-state index contributed by atoms with van der Waals surface area (Å²) in [6, 6.07) is 45.0. The molecule has 36 heavy (non-hydrogen) atoms. The van der Waals surface area contributed by atoms with Gasteiger partial charge in [-0.3, -0.25) is 4.79 Å². The summed E-state index contributed by atoms with van der Waals surface area (Å²) in [6.45, 7) is 1.47. The number of benzene rings is 5. The van der Waals surface area contributed by atoms with Gasteiger partial charge in [0.1, 0.15) is 5.75 Å². The molecule has 0 spiro atoms. The summed E-state index contributed by atoms with van der Waals surface area (Å²) in [5.74, 6) is -0.150. The lowest BCUT2D eigenvalue weighted by molar-refractivity contribution is 0.101. The molecule has 174 valence electrons. The first kappa shape index (κ1) is 23.1.